The maximum atomic E-state index is 12.8. The molecule has 0 saturated carbocycles. The summed E-state index contributed by atoms with van der Waals surface area (Å²) in [5, 5.41) is 11.3. The summed E-state index contributed by atoms with van der Waals surface area (Å²) in [6, 6.07) is 9.23. The van der Waals surface area contributed by atoms with Gasteiger partial charge in [-0.05, 0) is 45.3 Å². The van der Waals surface area contributed by atoms with Crippen LogP contribution < -0.4 is 0 Å². The fraction of sp³-hybridized carbons (Fsp3) is 0.300. The fourth-order valence-electron chi connectivity index (χ4n) is 3.11. The Morgan fingerprint density at radius 1 is 1.26 bits per heavy atom. The normalized spacial score (nSPS) is 19.3. The first-order valence-electron chi connectivity index (χ1n) is 8.55. The molecular formula is C20H21ClN2O4. The quantitative estimate of drug-likeness (QED) is 0.483. The zero-order valence-electron chi connectivity index (χ0n) is 15.4. The van der Waals surface area contributed by atoms with Crippen LogP contribution in [0.3, 0.4) is 0 Å². The first kappa shape index (κ1) is 19.2. The lowest BCUT2D eigenvalue weighted by Crippen LogP contribution is -2.35. The van der Waals surface area contributed by atoms with E-state index in [4.69, 9.17) is 16.0 Å². The van der Waals surface area contributed by atoms with Gasteiger partial charge in [-0.25, -0.2) is 0 Å². The Balaban J connectivity index is 2.13. The maximum Gasteiger partial charge on any atom is 0.295 e. The van der Waals surface area contributed by atoms with Crippen molar-refractivity contribution in [3.8, 4) is 0 Å². The molecule has 1 fully saturated rings. The monoisotopic (exact) mass is 388 g/mol. The van der Waals surface area contributed by atoms with Crippen LogP contribution in [0, 0.1) is 6.92 Å². The summed E-state index contributed by atoms with van der Waals surface area (Å²) in [6.45, 7) is 2.68. The van der Waals surface area contributed by atoms with Crippen molar-refractivity contribution >= 4 is 29.1 Å². The van der Waals surface area contributed by atoms with Gasteiger partial charge in [-0.3, -0.25) is 9.59 Å². The summed E-state index contributed by atoms with van der Waals surface area (Å²) in [4.78, 5) is 28.8. The SMILES string of the molecule is Cc1ccc(C2/C(=C(/O)c3cccc(Cl)c3)C(=O)C(=O)N2CCN(C)C)o1. The third-order valence-corrected chi connectivity index (χ3v) is 4.69. The highest BCUT2D eigenvalue weighted by molar-refractivity contribution is 6.46. The number of rotatable bonds is 5. The predicted molar refractivity (Wildman–Crippen MR) is 102 cm³/mol. The number of benzene rings is 1. The van der Waals surface area contributed by atoms with Crippen molar-refractivity contribution in [1.29, 1.82) is 0 Å². The smallest absolute Gasteiger partial charge is 0.295 e. The Kier molecular flexibility index (Phi) is 5.39. The molecule has 7 heteroatoms. The summed E-state index contributed by atoms with van der Waals surface area (Å²) >= 11 is 6.01. The summed E-state index contributed by atoms with van der Waals surface area (Å²) in [7, 11) is 3.77. The molecule has 1 aliphatic rings. The van der Waals surface area contributed by atoms with Crippen LogP contribution in [0.1, 0.15) is 23.1 Å². The van der Waals surface area contributed by atoms with E-state index in [1.807, 2.05) is 19.0 Å². The van der Waals surface area contributed by atoms with Crippen molar-refractivity contribution < 1.29 is 19.1 Å². The number of carbonyl (C=O) groups excluding carboxylic acids is 2. The van der Waals surface area contributed by atoms with Crippen LogP contribution in [0.15, 0.2) is 46.4 Å². The van der Waals surface area contributed by atoms with E-state index >= 15 is 0 Å². The third kappa shape index (κ3) is 3.77. The van der Waals surface area contributed by atoms with Gasteiger partial charge in [0.2, 0.25) is 0 Å². The summed E-state index contributed by atoms with van der Waals surface area (Å²) in [5.74, 6) is -0.549. The van der Waals surface area contributed by atoms with E-state index < -0.39 is 17.7 Å². The number of furan rings is 1. The Hall–Kier alpha value is -2.57. The van der Waals surface area contributed by atoms with Gasteiger partial charge >= 0.3 is 0 Å². The van der Waals surface area contributed by atoms with E-state index in [1.165, 1.54) is 4.90 Å². The number of aliphatic hydroxyl groups excluding tert-OH is 1. The third-order valence-electron chi connectivity index (χ3n) is 4.46. The highest BCUT2D eigenvalue weighted by Gasteiger charge is 2.47. The van der Waals surface area contributed by atoms with Crippen LogP contribution in [-0.4, -0.2) is 53.8 Å². The van der Waals surface area contributed by atoms with Gasteiger partial charge in [-0.2, -0.15) is 0 Å². The van der Waals surface area contributed by atoms with Gasteiger partial charge in [0, 0.05) is 23.7 Å². The number of carbonyl (C=O) groups is 2. The average molecular weight is 389 g/mol. The molecule has 1 N–H and O–H groups in total. The van der Waals surface area contributed by atoms with Crippen LogP contribution in [0.5, 0.6) is 0 Å². The minimum atomic E-state index is -0.780. The minimum absolute atomic E-state index is 0.00960. The van der Waals surface area contributed by atoms with E-state index in [-0.39, 0.29) is 11.3 Å². The van der Waals surface area contributed by atoms with Crippen molar-refractivity contribution in [2.45, 2.75) is 13.0 Å². The molecule has 1 aliphatic heterocycles. The second-order valence-electron chi connectivity index (χ2n) is 6.75. The number of hydrogen-bond donors (Lipinski definition) is 1. The lowest BCUT2D eigenvalue weighted by Gasteiger charge is -2.24. The van der Waals surface area contributed by atoms with Gasteiger partial charge in [0.25, 0.3) is 11.7 Å². The number of halogens is 1. The molecule has 1 aromatic carbocycles. The number of ketones is 1. The van der Waals surface area contributed by atoms with E-state index in [0.717, 1.165) is 0 Å². The molecule has 0 radical (unpaired) electrons. The fourth-order valence-corrected chi connectivity index (χ4v) is 3.30. The van der Waals surface area contributed by atoms with E-state index in [0.29, 0.717) is 35.2 Å². The number of Topliss-reactive ketones (excluding diaryl/α,β-unsaturated/α-hetero) is 1. The van der Waals surface area contributed by atoms with Crippen molar-refractivity contribution in [2.75, 3.05) is 27.2 Å². The van der Waals surface area contributed by atoms with Gasteiger partial charge in [-0.1, -0.05) is 23.7 Å². The Labute approximate surface area is 162 Å². The highest BCUT2D eigenvalue weighted by Crippen LogP contribution is 2.40. The first-order chi connectivity index (χ1) is 12.8. The van der Waals surface area contributed by atoms with Gasteiger partial charge in [-0.15, -0.1) is 0 Å². The lowest BCUT2D eigenvalue weighted by atomic mass is 9.99. The number of aliphatic hydroxyl groups is 1. The first-order valence-corrected chi connectivity index (χ1v) is 8.93. The Morgan fingerprint density at radius 2 is 2.00 bits per heavy atom. The van der Waals surface area contributed by atoms with E-state index in [9.17, 15) is 14.7 Å². The number of likely N-dealkylation sites (tertiary alicyclic amines) is 1. The maximum absolute atomic E-state index is 12.8. The highest BCUT2D eigenvalue weighted by atomic mass is 35.5. The number of nitrogens with zero attached hydrogens (tertiary/aromatic N) is 2. The van der Waals surface area contributed by atoms with Crippen molar-refractivity contribution in [1.82, 2.24) is 9.80 Å². The molecule has 1 unspecified atom stereocenters. The molecule has 0 aliphatic carbocycles. The Bertz CT molecular complexity index is 916. The predicted octanol–water partition coefficient (Wildman–Crippen LogP) is 3.22. The van der Waals surface area contributed by atoms with Crippen molar-refractivity contribution in [2.24, 2.45) is 0 Å². The molecule has 27 heavy (non-hydrogen) atoms. The van der Waals surface area contributed by atoms with Crippen LogP contribution in [-0.2, 0) is 9.59 Å². The second-order valence-corrected chi connectivity index (χ2v) is 7.19. The zero-order valence-corrected chi connectivity index (χ0v) is 16.2. The number of hydrogen-bond acceptors (Lipinski definition) is 5. The topological polar surface area (TPSA) is 74.0 Å². The molecule has 1 aromatic heterocycles. The molecule has 0 spiro atoms. The Morgan fingerprint density at radius 3 is 2.59 bits per heavy atom. The van der Waals surface area contributed by atoms with Crippen LogP contribution in [0.4, 0.5) is 0 Å². The molecule has 6 nitrogen and oxygen atoms in total. The average Bonchev–Trinajstić information content (AvgIpc) is 3.14. The molecule has 3 rings (SSSR count). The minimum Gasteiger partial charge on any atom is -0.507 e. The molecular weight excluding hydrogens is 368 g/mol. The van der Waals surface area contributed by atoms with E-state index in [1.54, 1.807) is 43.3 Å². The number of aryl methyl sites for hydroxylation is 1. The lowest BCUT2D eigenvalue weighted by molar-refractivity contribution is -0.140. The van der Waals surface area contributed by atoms with Crippen LogP contribution in [0.25, 0.3) is 5.76 Å². The van der Waals surface area contributed by atoms with Crippen LogP contribution >= 0.6 is 11.6 Å². The van der Waals surface area contributed by atoms with E-state index in [2.05, 4.69) is 0 Å². The van der Waals surface area contributed by atoms with Gasteiger partial charge < -0.3 is 19.3 Å². The van der Waals surface area contributed by atoms with Crippen molar-refractivity contribution in [3.05, 3.63) is 64.1 Å². The summed E-state index contributed by atoms with van der Waals surface area (Å²) in [6.07, 6.45) is 0. The largest absolute Gasteiger partial charge is 0.507 e. The molecule has 2 heterocycles. The van der Waals surface area contributed by atoms with Gasteiger partial charge in [0.15, 0.2) is 0 Å². The second kappa shape index (κ2) is 7.58. The molecule has 1 amide bonds. The number of amides is 1. The molecule has 142 valence electrons. The standard InChI is InChI=1S/C20H21ClN2O4/c1-12-7-8-15(27-12)17-16(18(24)13-5-4-6-14(21)11-13)19(25)20(26)23(17)10-9-22(2)3/h4-8,11,17,24H,9-10H2,1-3H3/b18-16-. The zero-order chi connectivity index (χ0) is 19.7. The summed E-state index contributed by atoms with van der Waals surface area (Å²) in [5.41, 5.74) is 0.386. The van der Waals surface area contributed by atoms with Gasteiger partial charge in [0.05, 0.1) is 5.57 Å². The number of likely N-dealkylation sites (N-methyl/N-ethyl adjacent to an activating group) is 1. The van der Waals surface area contributed by atoms with Gasteiger partial charge in [0.1, 0.15) is 23.3 Å². The molecule has 0 bridgehead atoms. The molecule has 1 saturated heterocycles. The summed E-state index contributed by atoms with van der Waals surface area (Å²) < 4.78 is 5.71. The van der Waals surface area contributed by atoms with Crippen LogP contribution in [0.2, 0.25) is 5.02 Å². The molecule has 2 aromatic rings. The van der Waals surface area contributed by atoms with Crippen molar-refractivity contribution in [3.63, 3.8) is 0 Å². The molecule has 1 atom stereocenters.